The molecule has 0 saturated carbocycles. The van der Waals surface area contributed by atoms with E-state index in [4.69, 9.17) is 4.74 Å². The molecule has 2 N–H and O–H groups in total. The van der Waals surface area contributed by atoms with Crippen LogP contribution in [0.25, 0.3) is 0 Å². The molecule has 1 saturated heterocycles. The maximum absolute atomic E-state index is 11.8. The van der Waals surface area contributed by atoms with Gasteiger partial charge in [0.2, 0.25) is 17.8 Å². The molecule has 0 radical (unpaired) electrons. The van der Waals surface area contributed by atoms with E-state index < -0.39 is 0 Å². The molecule has 2 amide bonds. The van der Waals surface area contributed by atoms with Gasteiger partial charge >= 0.3 is 0 Å². The zero-order chi connectivity index (χ0) is 17.4. The predicted molar refractivity (Wildman–Crippen MR) is 91.1 cm³/mol. The van der Waals surface area contributed by atoms with Crippen LogP contribution in [0, 0.1) is 0 Å². The first-order valence-corrected chi connectivity index (χ1v) is 9.06. The molecule has 0 aliphatic carbocycles. The van der Waals surface area contributed by atoms with Crippen molar-refractivity contribution in [2.24, 2.45) is 0 Å². The summed E-state index contributed by atoms with van der Waals surface area (Å²) < 4.78 is 7.35. The SMILES string of the molecule is CCNC(=O)CNC(=O)CSc1nnc(N2CCOCC2)n1CC. The fraction of sp³-hybridized carbons (Fsp3) is 0.714. The molecule has 0 aromatic carbocycles. The summed E-state index contributed by atoms with van der Waals surface area (Å²) in [7, 11) is 0. The average molecular weight is 356 g/mol. The molecule has 0 spiro atoms. The van der Waals surface area contributed by atoms with E-state index in [0.717, 1.165) is 25.6 Å². The lowest BCUT2D eigenvalue weighted by atomic mass is 10.4. The van der Waals surface area contributed by atoms with Crippen molar-refractivity contribution < 1.29 is 14.3 Å². The lowest BCUT2D eigenvalue weighted by Gasteiger charge is -2.27. The molecule has 9 nitrogen and oxygen atoms in total. The molecular formula is C14H24N6O3S. The Balaban J connectivity index is 1.87. The van der Waals surface area contributed by atoms with Crippen LogP contribution < -0.4 is 15.5 Å². The number of hydrogen-bond donors (Lipinski definition) is 2. The summed E-state index contributed by atoms with van der Waals surface area (Å²) in [4.78, 5) is 25.3. The van der Waals surface area contributed by atoms with Crippen molar-refractivity contribution in [1.29, 1.82) is 0 Å². The van der Waals surface area contributed by atoms with Crippen LogP contribution in [0.1, 0.15) is 13.8 Å². The van der Waals surface area contributed by atoms with Gasteiger partial charge in [0, 0.05) is 26.2 Å². The van der Waals surface area contributed by atoms with Crippen LogP contribution in [0.15, 0.2) is 5.16 Å². The highest BCUT2D eigenvalue weighted by molar-refractivity contribution is 7.99. The quantitative estimate of drug-likeness (QED) is 0.604. The van der Waals surface area contributed by atoms with Crippen LogP contribution >= 0.6 is 11.8 Å². The second-order valence-corrected chi connectivity index (χ2v) is 6.09. The third-order valence-electron chi connectivity index (χ3n) is 3.46. The number of rotatable bonds is 8. The molecule has 0 bridgehead atoms. The number of aromatic nitrogens is 3. The monoisotopic (exact) mass is 356 g/mol. The Morgan fingerprint density at radius 1 is 1.17 bits per heavy atom. The molecule has 0 atom stereocenters. The Kier molecular flexibility index (Phi) is 7.32. The Bertz CT molecular complexity index is 559. The number of carbonyl (C=O) groups excluding carboxylic acids is 2. The summed E-state index contributed by atoms with van der Waals surface area (Å²) in [5.74, 6) is 0.610. The van der Waals surface area contributed by atoms with Crippen molar-refractivity contribution in [3.05, 3.63) is 0 Å². The third kappa shape index (κ3) is 5.10. The van der Waals surface area contributed by atoms with Gasteiger partial charge in [-0.15, -0.1) is 10.2 Å². The summed E-state index contributed by atoms with van der Waals surface area (Å²) in [6.45, 7) is 8.06. The van der Waals surface area contributed by atoms with E-state index in [9.17, 15) is 9.59 Å². The first-order valence-electron chi connectivity index (χ1n) is 8.07. The number of thioether (sulfide) groups is 1. The van der Waals surface area contributed by atoms with Gasteiger partial charge in [0.25, 0.3) is 0 Å². The van der Waals surface area contributed by atoms with Crippen LogP contribution in [0.2, 0.25) is 0 Å². The van der Waals surface area contributed by atoms with E-state index >= 15 is 0 Å². The average Bonchev–Trinajstić information content (AvgIpc) is 3.02. The first kappa shape index (κ1) is 18.5. The fourth-order valence-electron chi connectivity index (χ4n) is 2.28. The van der Waals surface area contributed by atoms with Crippen LogP contribution in [0.5, 0.6) is 0 Å². The standard InChI is InChI=1S/C14H24N6O3S/c1-3-15-11(21)9-16-12(22)10-24-14-18-17-13(20(14)4-2)19-5-7-23-8-6-19/h3-10H2,1-2H3,(H,15,21)(H,16,22). The van der Waals surface area contributed by atoms with Crippen molar-refractivity contribution >= 4 is 29.5 Å². The van der Waals surface area contributed by atoms with Crippen LogP contribution in [0.3, 0.4) is 0 Å². The van der Waals surface area contributed by atoms with Crippen LogP contribution in [0.4, 0.5) is 5.95 Å². The van der Waals surface area contributed by atoms with Gasteiger partial charge in [0.05, 0.1) is 25.5 Å². The van der Waals surface area contributed by atoms with E-state index in [2.05, 4.69) is 25.7 Å². The number of nitrogens with one attached hydrogen (secondary N) is 2. The third-order valence-corrected chi connectivity index (χ3v) is 4.43. The van der Waals surface area contributed by atoms with E-state index in [0.29, 0.717) is 24.9 Å². The van der Waals surface area contributed by atoms with Gasteiger partial charge in [-0.3, -0.25) is 14.2 Å². The topological polar surface area (TPSA) is 101 Å². The second-order valence-electron chi connectivity index (χ2n) is 5.15. The molecular weight excluding hydrogens is 332 g/mol. The Morgan fingerprint density at radius 2 is 1.92 bits per heavy atom. The minimum atomic E-state index is -0.204. The van der Waals surface area contributed by atoms with Gasteiger partial charge in [0.15, 0.2) is 5.16 Å². The van der Waals surface area contributed by atoms with E-state index in [-0.39, 0.29) is 24.1 Å². The Morgan fingerprint density at radius 3 is 2.58 bits per heavy atom. The molecule has 2 rings (SSSR count). The molecule has 10 heteroatoms. The van der Waals surface area contributed by atoms with Crippen molar-refractivity contribution in [3.63, 3.8) is 0 Å². The van der Waals surface area contributed by atoms with Crippen LogP contribution in [-0.4, -0.2) is 71.7 Å². The molecule has 24 heavy (non-hydrogen) atoms. The number of hydrogen-bond acceptors (Lipinski definition) is 7. The number of morpholine rings is 1. The summed E-state index contributed by atoms with van der Waals surface area (Å²) in [5, 5.41) is 14.4. The summed E-state index contributed by atoms with van der Waals surface area (Å²) in [6, 6.07) is 0. The lowest BCUT2D eigenvalue weighted by Crippen LogP contribution is -2.38. The molecule has 1 aromatic rings. The van der Waals surface area contributed by atoms with Crippen molar-refractivity contribution in [2.75, 3.05) is 50.0 Å². The maximum atomic E-state index is 11.8. The summed E-state index contributed by atoms with van der Waals surface area (Å²) in [5.41, 5.74) is 0. The minimum Gasteiger partial charge on any atom is -0.378 e. The number of carbonyl (C=O) groups is 2. The van der Waals surface area contributed by atoms with Gasteiger partial charge in [-0.2, -0.15) is 0 Å². The Hall–Kier alpha value is -1.81. The minimum absolute atomic E-state index is 0.00721. The highest BCUT2D eigenvalue weighted by atomic mass is 32.2. The molecule has 1 aliphatic rings. The lowest BCUT2D eigenvalue weighted by molar-refractivity contribution is -0.124. The molecule has 1 aromatic heterocycles. The molecule has 2 heterocycles. The zero-order valence-corrected chi connectivity index (χ0v) is 14.9. The number of ether oxygens (including phenoxy) is 1. The first-order chi connectivity index (χ1) is 11.7. The highest BCUT2D eigenvalue weighted by Gasteiger charge is 2.20. The molecule has 134 valence electrons. The van der Waals surface area contributed by atoms with Gasteiger partial charge in [0.1, 0.15) is 0 Å². The molecule has 0 unspecified atom stereocenters. The van der Waals surface area contributed by atoms with E-state index in [1.807, 2.05) is 18.4 Å². The van der Waals surface area contributed by atoms with Gasteiger partial charge in [-0.05, 0) is 13.8 Å². The summed E-state index contributed by atoms with van der Waals surface area (Å²) >= 11 is 1.32. The van der Waals surface area contributed by atoms with Gasteiger partial charge in [-0.1, -0.05) is 11.8 Å². The van der Waals surface area contributed by atoms with Gasteiger partial charge < -0.3 is 20.3 Å². The highest BCUT2D eigenvalue weighted by Crippen LogP contribution is 2.22. The molecule has 1 aliphatic heterocycles. The molecule has 1 fully saturated rings. The van der Waals surface area contributed by atoms with Crippen LogP contribution in [-0.2, 0) is 20.9 Å². The van der Waals surface area contributed by atoms with E-state index in [1.54, 1.807) is 0 Å². The Labute approximate surface area is 145 Å². The van der Waals surface area contributed by atoms with Crippen molar-refractivity contribution in [3.8, 4) is 0 Å². The maximum Gasteiger partial charge on any atom is 0.239 e. The smallest absolute Gasteiger partial charge is 0.239 e. The predicted octanol–water partition coefficient (Wildman–Crippen LogP) is -0.521. The number of likely N-dealkylation sites (N-methyl/N-ethyl adjacent to an activating group) is 1. The van der Waals surface area contributed by atoms with Gasteiger partial charge in [-0.25, -0.2) is 0 Å². The second kappa shape index (κ2) is 9.48. The normalized spacial score (nSPS) is 14.5. The number of nitrogens with zero attached hydrogens (tertiary/aromatic N) is 4. The van der Waals surface area contributed by atoms with Crippen molar-refractivity contribution in [1.82, 2.24) is 25.4 Å². The summed E-state index contributed by atoms with van der Waals surface area (Å²) in [6.07, 6.45) is 0. The zero-order valence-electron chi connectivity index (χ0n) is 14.1. The largest absolute Gasteiger partial charge is 0.378 e. The fourth-order valence-corrected chi connectivity index (χ4v) is 3.11. The number of anilines is 1. The van der Waals surface area contributed by atoms with E-state index in [1.165, 1.54) is 11.8 Å². The van der Waals surface area contributed by atoms with Crippen molar-refractivity contribution in [2.45, 2.75) is 25.5 Å². The number of amides is 2.